The van der Waals surface area contributed by atoms with E-state index in [4.69, 9.17) is 14.2 Å². The van der Waals surface area contributed by atoms with Crippen LogP contribution >= 0.6 is 0 Å². The van der Waals surface area contributed by atoms with E-state index in [2.05, 4.69) is 10.3 Å². The molecule has 33 heavy (non-hydrogen) atoms. The summed E-state index contributed by atoms with van der Waals surface area (Å²) in [6, 6.07) is 14.4. The summed E-state index contributed by atoms with van der Waals surface area (Å²) in [4.78, 5) is 39.0. The molecule has 2 aromatic carbocycles. The van der Waals surface area contributed by atoms with E-state index in [0.29, 0.717) is 18.7 Å². The van der Waals surface area contributed by atoms with Gasteiger partial charge in [0, 0.05) is 30.1 Å². The van der Waals surface area contributed by atoms with Crippen LogP contribution in [0.4, 0.5) is 9.59 Å². The van der Waals surface area contributed by atoms with Gasteiger partial charge in [0.25, 0.3) is 0 Å². The quantitative estimate of drug-likeness (QED) is 0.383. The van der Waals surface area contributed by atoms with E-state index in [1.165, 1.54) is 0 Å². The lowest BCUT2D eigenvalue weighted by Gasteiger charge is -2.19. The lowest BCUT2D eigenvalue weighted by Crippen LogP contribution is -2.33. The lowest BCUT2D eigenvalue weighted by molar-refractivity contribution is -0.121. The summed E-state index contributed by atoms with van der Waals surface area (Å²) < 4.78 is 15.4. The van der Waals surface area contributed by atoms with Crippen molar-refractivity contribution in [3.8, 4) is 5.75 Å². The minimum atomic E-state index is -0.945. The SMILES string of the molecule is CC(C)(C)OC(=O)NCCc1c[nH]c2ccc(OC(=O)OCC(=O)Cc3ccccc3)cc12. The molecule has 0 bridgehead atoms. The van der Waals surface area contributed by atoms with Crippen molar-refractivity contribution in [2.75, 3.05) is 13.2 Å². The van der Waals surface area contributed by atoms with Gasteiger partial charge < -0.3 is 24.5 Å². The minimum Gasteiger partial charge on any atom is -0.444 e. The fourth-order valence-electron chi connectivity index (χ4n) is 3.18. The number of ether oxygens (including phenoxy) is 3. The summed E-state index contributed by atoms with van der Waals surface area (Å²) in [5.41, 5.74) is 2.10. The maximum Gasteiger partial charge on any atom is 0.514 e. The average molecular weight is 453 g/mol. The van der Waals surface area contributed by atoms with Crippen LogP contribution in [0.5, 0.6) is 5.75 Å². The van der Waals surface area contributed by atoms with Gasteiger partial charge in [-0.15, -0.1) is 0 Å². The number of nitrogens with one attached hydrogen (secondary N) is 2. The Morgan fingerprint density at radius 3 is 2.52 bits per heavy atom. The fraction of sp³-hybridized carbons (Fsp3) is 0.320. The normalized spacial score (nSPS) is 11.1. The Morgan fingerprint density at radius 2 is 1.79 bits per heavy atom. The summed E-state index contributed by atoms with van der Waals surface area (Å²) in [5, 5.41) is 3.57. The molecule has 174 valence electrons. The van der Waals surface area contributed by atoms with Crippen LogP contribution in [-0.2, 0) is 27.1 Å². The Labute approximate surface area is 192 Å². The summed E-state index contributed by atoms with van der Waals surface area (Å²) in [6.07, 6.45) is 1.16. The third kappa shape index (κ3) is 7.68. The van der Waals surface area contributed by atoms with Gasteiger partial charge in [-0.1, -0.05) is 30.3 Å². The van der Waals surface area contributed by atoms with Crippen molar-refractivity contribution >= 4 is 28.9 Å². The summed E-state index contributed by atoms with van der Waals surface area (Å²) in [6.45, 7) is 5.44. The van der Waals surface area contributed by atoms with Gasteiger partial charge in [-0.05, 0) is 56.5 Å². The number of carbonyl (C=O) groups is 3. The van der Waals surface area contributed by atoms with Gasteiger partial charge in [-0.3, -0.25) is 4.79 Å². The van der Waals surface area contributed by atoms with Crippen molar-refractivity contribution in [1.82, 2.24) is 10.3 Å². The molecule has 2 N–H and O–H groups in total. The average Bonchev–Trinajstić information content (AvgIpc) is 3.14. The molecule has 0 saturated carbocycles. The molecule has 1 aromatic heterocycles. The van der Waals surface area contributed by atoms with Crippen molar-refractivity contribution < 1.29 is 28.6 Å². The molecule has 0 aliphatic rings. The molecule has 0 saturated heterocycles. The van der Waals surface area contributed by atoms with Gasteiger partial charge in [0.05, 0.1) is 0 Å². The molecule has 0 atom stereocenters. The summed E-state index contributed by atoms with van der Waals surface area (Å²) in [7, 11) is 0. The molecule has 0 radical (unpaired) electrons. The smallest absolute Gasteiger partial charge is 0.444 e. The van der Waals surface area contributed by atoms with E-state index >= 15 is 0 Å². The number of hydrogen-bond acceptors (Lipinski definition) is 6. The Kier molecular flexibility index (Phi) is 7.71. The van der Waals surface area contributed by atoms with Crippen LogP contribution in [0.15, 0.2) is 54.7 Å². The standard InChI is InChI=1S/C25H28N2O6/c1-25(2,3)33-23(29)26-12-11-18-15-27-22-10-9-20(14-21(18)22)32-24(30)31-16-19(28)13-17-7-5-4-6-8-17/h4-10,14-15,27H,11-13,16H2,1-3H3,(H,26,29). The van der Waals surface area contributed by atoms with E-state index in [-0.39, 0.29) is 18.8 Å². The molecular weight excluding hydrogens is 424 g/mol. The Bertz CT molecular complexity index is 1110. The number of rotatable bonds is 8. The number of ketones is 1. The highest BCUT2D eigenvalue weighted by Gasteiger charge is 2.16. The topological polar surface area (TPSA) is 107 Å². The van der Waals surface area contributed by atoms with Crippen LogP contribution in [-0.4, -0.2) is 41.8 Å². The van der Waals surface area contributed by atoms with E-state index in [1.807, 2.05) is 36.5 Å². The van der Waals surface area contributed by atoms with E-state index in [9.17, 15) is 14.4 Å². The zero-order valence-corrected chi connectivity index (χ0v) is 19.0. The van der Waals surface area contributed by atoms with Gasteiger partial charge in [0.1, 0.15) is 11.4 Å². The monoisotopic (exact) mass is 452 g/mol. The van der Waals surface area contributed by atoms with Crippen LogP contribution in [0.3, 0.4) is 0 Å². The molecule has 0 spiro atoms. The molecule has 1 heterocycles. The summed E-state index contributed by atoms with van der Waals surface area (Å²) >= 11 is 0. The zero-order valence-electron chi connectivity index (χ0n) is 19.0. The van der Waals surface area contributed by atoms with Crippen LogP contribution in [0.1, 0.15) is 31.9 Å². The number of alkyl carbamates (subject to hydrolysis) is 1. The second-order valence-corrected chi connectivity index (χ2v) is 8.54. The van der Waals surface area contributed by atoms with Crippen molar-refractivity contribution in [3.05, 3.63) is 65.9 Å². The number of H-pyrrole nitrogens is 1. The number of hydrogen-bond donors (Lipinski definition) is 2. The first-order chi connectivity index (χ1) is 15.7. The molecule has 3 rings (SSSR count). The number of amides is 1. The first-order valence-electron chi connectivity index (χ1n) is 10.7. The highest BCUT2D eigenvalue weighted by Crippen LogP contribution is 2.24. The van der Waals surface area contributed by atoms with E-state index in [0.717, 1.165) is 22.0 Å². The highest BCUT2D eigenvalue weighted by molar-refractivity contribution is 5.86. The maximum absolute atomic E-state index is 12.0. The van der Waals surface area contributed by atoms with Crippen LogP contribution in [0.2, 0.25) is 0 Å². The summed E-state index contributed by atoms with van der Waals surface area (Å²) in [5.74, 6) is 0.0722. The molecule has 3 aromatic rings. The van der Waals surface area contributed by atoms with E-state index < -0.39 is 17.8 Å². The third-order valence-electron chi connectivity index (χ3n) is 4.60. The van der Waals surface area contributed by atoms with Crippen molar-refractivity contribution in [2.45, 2.75) is 39.2 Å². The van der Waals surface area contributed by atoms with Gasteiger partial charge >= 0.3 is 12.2 Å². The number of carbonyl (C=O) groups excluding carboxylic acids is 3. The predicted octanol–water partition coefficient (Wildman–Crippen LogP) is 4.56. The van der Waals surface area contributed by atoms with E-state index in [1.54, 1.807) is 39.0 Å². The number of Topliss-reactive ketones (excluding diaryl/α,β-unsaturated/α-hetero) is 1. The fourth-order valence-corrected chi connectivity index (χ4v) is 3.18. The van der Waals surface area contributed by atoms with Crippen LogP contribution < -0.4 is 10.1 Å². The molecule has 0 aliphatic carbocycles. The largest absolute Gasteiger partial charge is 0.514 e. The lowest BCUT2D eigenvalue weighted by atomic mass is 10.1. The van der Waals surface area contributed by atoms with Gasteiger partial charge in [-0.2, -0.15) is 0 Å². The van der Waals surface area contributed by atoms with Gasteiger partial charge in [0.15, 0.2) is 12.4 Å². The molecule has 8 heteroatoms. The minimum absolute atomic E-state index is 0.185. The Hall–Kier alpha value is -3.81. The number of aromatic nitrogens is 1. The van der Waals surface area contributed by atoms with Crippen molar-refractivity contribution in [1.29, 1.82) is 0 Å². The second-order valence-electron chi connectivity index (χ2n) is 8.54. The van der Waals surface area contributed by atoms with Crippen LogP contribution in [0, 0.1) is 0 Å². The number of aromatic amines is 1. The highest BCUT2D eigenvalue weighted by atomic mass is 16.7. The molecule has 0 aliphatic heterocycles. The first kappa shape index (κ1) is 23.8. The zero-order chi connectivity index (χ0) is 23.8. The second kappa shape index (κ2) is 10.7. The van der Waals surface area contributed by atoms with Crippen molar-refractivity contribution in [3.63, 3.8) is 0 Å². The Balaban J connectivity index is 1.51. The molecular formula is C25H28N2O6. The van der Waals surface area contributed by atoms with Crippen molar-refractivity contribution in [2.24, 2.45) is 0 Å². The molecule has 1 amide bonds. The first-order valence-corrected chi connectivity index (χ1v) is 10.7. The number of fused-ring (bicyclic) bond motifs is 1. The number of benzene rings is 2. The van der Waals surface area contributed by atoms with Gasteiger partial charge in [0.2, 0.25) is 0 Å². The maximum atomic E-state index is 12.0. The van der Waals surface area contributed by atoms with Crippen LogP contribution in [0.25, 0.3) is 10.9 Å². The molecule has 0 unspecified atom stereocenters. The van der Waals surface area contributed by atoms with Gasteiger partial charge in [-0.25, -0.2) is 9.59 Å². The third-order valence-corrected chi connectivity index (χ3v) is 4.60. The molecule has 0 fully saturated rings. The molecule has 8 nitrogen and oxygen atoms in total. The Morgan fingerprint density at radius 1 is 1.03 bits per heavy atom. The predicted molar refractivity (Wildman–Crippen MR) is 123 cm³/mol.